The van der Waals surface area contributed by atoms with E-state index in [0.29, 0.717) is 17.4 Å². The molecule has 428 valence electrons. The maximum atomic E-state index is 13.0. The van der Waals surface area contributed by atoms with Crippen molar-refractivity contribution in [3.05, 3.63) is 97.2 Å². The van der Waals surface area contributed by atoms with Crippen molar-refractivity contribution < 1.29 is 32.9 Å². The molecule has 0 aliphatic carbocycles. The maximum Gasteiger partial charge on any atom is 0.472 e. The maximum absolute atomic E-state index is 13.0. The minimum Gasteiger partial charge on any atom is -0.387 e. The van der Waals surface area contributed by atoms with E-state index >= 15 is 0 Å². The molecule has 0 saturated heterocycles. The number of amides is 1. The highest BCUT2D eigenvalue weighted by molar-refractivity contribution is 7.47. The Labute approximate surface area is 458 Å². The number of phosphoric acid groups is 1. The molecule has 9 heteroatoms. The predicted octanol–water partition coefficient (Wildman–Crippen LogP) is 19.0. The average Bonchev–Trinajstić information content (AvgIpc) is 3.36. The molecular formula is C65H118N2O6P+. The first-order valence-electron chi connectivity index (χ1n) is 30.6. The van der Waals surface area contributed by atoms with Gasteiger partial charge >= 0.3 is 7.82 Å². The van der Waals surface area contributed by atoms with Crippen molar-refractivity contribution in [1.29, 1.82) is 0 Å². The molecule has 0 spiro atoms. The molecule has 8 nitrogen and oxygen atoms in total. The van der Waals surface area contributed by atoms with Crippen molar-refractivity contribution in [2.45, 2.75) is 270 Å². The molecule has 0 fully saturated rings. The fourth-order valence-electron chi connectivity index (χ4n) is 8.55. The first-order chi connectivity index (χ1) is 36.0. The normalized spacial score (nSPS) is 14.5. The molecule has 0 rings (SSSR count). The summed E-state index contributed by atoms with van der Waals surface area (Å²) < 4.78 is 23.7. The summed E-state index contributed by atoms with van der Waals surface area (Å²) in [6.07, 6.45) is 79.4. The summed E-state index contributed by atoms with van der Waals surface area (Å²) in [6.45, 7) is 4.71. The summed E-state index contributed by atoms with van der Waals surface area (Å²) in [5.74, 6) is -0.180. The van der Waals surface area contributed by atoms with Gasteiger partial charge in [0.1, 0.15) is 13.2 Å². The lowest BCUT2D eigenvalue weighted by Crippen LogP contribution is -2.45. The molecule has 74 heavy (non-hydrogen) atoms. The monoisotopic (exact) mass is 1050 g/mol. The number of carbonyl (C=O) groups excluding carboxylic acids is 1. The van der Waals surface area contributed by atoms with Gasteiger partial charge in [0.15, 0.2) is 0 Å². The van der Waals surface area contributed by atoms with E-state index in [4.69, 9.17) is 9.05 Å². The summed E-state index contributed by atoms with van der Waals surface area (Å²) in [7, 11) is 1.57. The Morgan fingerprint density at radius 1 is 0.473 bits per heavy atom. The molecule has 0 radical (unpaired) electrons. The number of quaternary nitrogens is 1. The fraction of sp³-hybridized carbons (Fsp3) is 0.738. The third kappa shape index (κ3) is 57.1. The minimum absolute atomic E-state index is 0.0583. The topological polar surface area (TPSA) is 105 Å². The first-order valence-corrected chi connectivity index (χ1v) is 32.1. The lowest BCUT2D eigenvalue weighted by Gasteiger charge is -2.25. The minimum atomic E-state index is -4.35. The van der Waals surface area contributed by atoms with Gasteiger partial charge in [-0.2, -0.15) is 0 Å². The van der Waals surface area contributed by atoms with Gasteiger partial charge in [-0.3, -0.25) is 13.8 Å². The number of carbonyl (C=O) groups is 1. The molecule has 3 N–H and O–H groups in total. The average molecular weight is 1050 g/mol. The Balaban J connectivity index is 4.11. The number of allylic oxidation sites excluding steroid dienone is 15. The van der Waals surface area contributed by atoms with Crippen LogP contribution >= 0.6 is 7.82 Å². The van der Waals surface area contributed by atoms with Crippen molar-refractivity contribution in [3.63, 3.8) is 0 Å². The van der Waals surface area contributed by atoms with Crippen molar-refractivity contribution in [2.75, 3.05) is 40.9 Å². The van der Waals surface area contributed by atoms with Gasteiger partial charge in [0.25, 0.3) is 0 Å². The summed E-state index contributed by atoms with van der Waals surface area (Å²) in [5.41, 5.74) is 0. The zero-order chi connectivity index (χ0) is 54.2. The zero-order valence-electron chi connectivity index (χ0n) is 48.8. The van der Waals surface area contributed by atoms with E-state index in [-0.39, 0.29) is 19.1 Å². The molecule has 3 unspecified atom stereocenters. The van der Waals surface area contributed by atoms with E-state index in [1.54, 1.807) is 6.08 Å². The Morgan fingerprint density at radius 2 is 0.811 bits per heavy atom. The van der Waals surface area contributed by atoms with Gasteiger partial charge in [-0.05, 0) is 77.0 Å². The summed E-state index contributed by atoms with van der Waals surface area (Å²) in [6, 6.07) is -0.852. The Morgan fingerprint density at radius 3 is 1.19 bits per heavy atom. The standard InChI is InChI=1S/C65H117N2O6P/c1-6-8-10-12-14-16-18-20-22-24-25-26-27-28-29-30-31-32-33-34-35-36-37-38-39-40-41-43-45-47-49-51-53-55-57-59-65(69)66-63(62-73-74(70,71)72-61-60-67(3,4)5)64(68)58-56-54-52-50-48-46-44-42-23-21-19-17-15-13-11-9-7-2/h8,10,14,16,20,22,25-26,28-29,31-32,34-35,56,58,63-64,68H,6-7,9,11-13,15,17-19,21,23-24,27,30,33,36-55,57,59-62H2,1-5H3,(H-,66,69,70,71)/p+1/b10-8-,16-14-,22-20-,26-25-,29-28-,32-31-,35-34-,58-56+. The van der Waals surface area contributed by atoms with Crippen molar-refractivity contribution in [2.24, 2.45) is 0 Å². The van der Waals surface area contributed by atoms with Crippen LogP contribution in [0.25, 0.3) is 0 Å². The molecule has 0 heterocycles. The van der Waals surface area contributed by atoms with E-state index in [9.17, 15) is 19.4 Å². The number of nitrogens with one attached hydrogen (secondary N) is 1. The lowest BCUT2D eigenvalue weighted by molar-refractivity contribution is -0.870. The van der Waals surface area contributed by atoms with Crippen LogP contribution in [-0.2, 0) is 18.4 Å². The molecule has 1 amide bonds. The van der Waals surface area contributed by atoms with Crippen LogP contribution in [0.15, 0.2) is 97.2 Å². The van der Waals surface area contributed by atoms with E-state index in [1.807, 2.05) is 27.2 Å². The van der Waals surface area contributed by atoms with Gasteiger partial charge in [0.2, 0.25) is 5.91 Å². The number of hydrogen-bond donors (Lipinski definition) is 3. The smallest absolute Gasteiger partial charge is 0.387 e. The van der Waals surface area contributed by atoms with Crippen LogP contribution in [0, 0.1) is 0 Å². The van der Waals surface area contributed by atoms with Crippen molar-refractivity contribution in [3.8, 4) is 0 Å². The highest BCUT2D eigenvalue weighted by Gasteiger charge is 2.27. The third-order valence-electron chi connectivity index (χ3n) is 13.3. The molecule has 0 aromatic heterocycles. The quantitative estimate of drug-likeness (QED) is 0.0243. The highest BCUT2D eigenvalue weighted by Crippen LogP contribution is 2.43. The van der Waals surface area contributed by atoms with Gasteiger partial charge in [-0.15, -0.1) is 0 Å². The number of nitrogens with zero attached hydrogens (tertiary/aromatic N) is 1. The lowest BCUT2D eigenvalue weighted by atomic mass is 10.0. The zero-order valence-corrected chi connectivity index (χ0v) is 49.7. The van der Waals surface area contributed by atoms with Gasteiger partial charge in [-0.1, -0.05) is 272 Å². The second kappa shape index (κ2) is 55.2. The number of hydrogen-bond acceptors (Lipinski definition) is 5. The van der Waals surface area contributed by atoms with E-state index in [2.05, 4.69) is 104 Å². The Hall–Kier alpha value is -2.58. The Bertz CT molecular complexity index is 1520. The fourth-order valence-corrected chi connectivity index (χ4v) is 9.29. The van der Waals surface area contributed by atoms with Gasteiger partial charge in [0, 0.05) is 6.42 Å². The summed E-state index contributed by atoms with van der Waals surface area (Å²) >= 11 is 0. The third-order valence-corrected chi connectivity index (χ3v) is 14.3. The van der Waals surface area contributed by atoms with Crippen LogP contribution in [0.5, 0.6) is 0 Å². The van der Waals surface area contributed by atoms with Crippen molar-refractivity contribution >= 4 is 13.7 Å². The van der Waals surface area contributed by atoms with E-state index in [1.165, 1.54) is 154 Å². The van der Waals surface area contributed by atoms with E-state index in [0.717, 1.165) is 83.5 Å². The molecule has 0 aromatic carbocycles. The highest BCUT2D eigenvalue weighted by atomic mass is 31.2. The number of rotatable bonds is 55. The SMILES string of the molecule is CC/C=C\C/C=C\C/C=C\C/C=C\C/C=C\C/C=C\C/C=C\CCCCCCCCCCCCCCCC(=O)NC(COP(=O)(O)OCC[N+](C)(C)C)C(O)/C=C/CCCCCCCCCCCCCCCCC. The number of aliphatic hydroxyl groups is 1. The van der Waals surface area contributed by atoms with Crippen LogP contribution in [0.3, 0.4) is 0 Å². The van der Waals surface area contributed by atoms with Gasteiger partial charge < -0.3 is 19.8 Å². The second-order valence-electron chi connectivity index (χ2n) is 21.7. The molecule has 0 aliphatic rings. The Kier molecular flexibility index (Phi) is 53.3. The van der Waals surface area contributed by atoms with Crippen LogP contribution in [0.1, 0.15) is 258 Å². The number of likely N-dealkylation sites (N-methyl/N-ethyl adjacent to an activating group) is 1. The van der Waals surface area contributed by atoms with E-state index < -0.39 is 20.0 Å². The molecule has 0 bridgehead atoms. The molecule has 3 atom stereocenters. The predicted molar refractivity (Wildman–Crippen MR) is 322 cm³/mol. The number of aliphatic hydroxyl groups excluding tert-OH is 1. The summed E-state index contributed by atoms with van der Waals surface area (Å²) in [4.78, 5) is 23.3. The number of unbranched alkanes of at least 4 members (excludes halogenated alkanes) is 28. The summed E-state index contributed by atoms with van der Waals surface area (Å²) in [5, 5.41) is 13.9. The van der Waals surface area contributed by atoms with Crippen LogP contribution in [-0.4, -0.2) is 73.4 Å². The van der Waals surface area contributed by atoms with Crippen LogP contribution in [0.4, 0.5) is 0 Å². The van der Waals surface area contributed by atoms with Gasteiger partial charge in [-0.25, -0.2) is 4.57 Å². The van der Waals surface area contributed by atoms with Crippen LogP contribution in [0.2, 0.25) is 0 Å². The first kappa shape index (κ1) is 71.4. The molecular weight excluding hydrogens is 936 g/mol. The largest absolute Gasteiger partial charge is 0.472 e. The molecule has 0 aromatic rings. The van der Waals surface area contributed by atoms with Crippen molar-refractivity contribution in [1.82, 2.24) is 5.32 Å². The number of phosphoric ester groups is 1. The van der Waals surface area contributed by atoms with Crippen LogP contribution < -0.4 is 5.32 Å². The molecule has 0 saturated carbocycles. The second-order valence-corrected chi connectivity index (χ2v) is 23.2. The van der Waals surface area contributed by atoms with Gasteiger partial charge in [0.05, 0.1) is 39.9 Å². The molecule has 0 aliphatic heterocycles.